The first-order valence-electron chi connectivity index (χ1n) is 8.75. The fourth-order valence-corrected chi connectivity index (χ4v) is 3.18. The Hall–Kier alpha value is -1.35. The van der Waals surface area contributed by atoms with Crippen molar-refractivity contribution in [3.05, 3.63) is 35.9 Å². The van der Waals surface area contributed by atoms with Crippen LogP contribution in [-0.2, 0) is 4.79 Å². The number of amides is 1. The first-order chi connectivity index (χ1) is 10.7. The molecule has 3 nitrogen and oxygen atoms in total. The van der Waals surface area contributed by atoms with Crippen molar-refractivity contribution in [1.29, 1.82) is 0 Å². The summed E-state index contributed by atoms with van der Waals surface area (Å²) >= 11 is 0. The number of hydrogen-bond acceptors (Lipinski definition) is 2. The highest BCUT2D eigenvalue weighted by Gasteiger charge is 2.18. The molecule has 1 aliphatic heterocycles. The molecule has 1 fully saturated rings. The van der Waals surface area contributed by atoms with Crippen LogP contribution in [0, 0.1) is 5.92 Å². The van der Waals surface area contributed by atoms with Gasteiger partial charge in [0, 0.05) is 6.54 Å². The van der Waals surface area contributed by atoms with E-state index in [1.54, 1.807) is 0 Å². The molecule has 1 amide bonds. The molecule has 0 aromatic heterocycles. The molecule has 1 atom stereocenters. The topological polar surface area (TPSA) is 32.3 Å². The predicted molar refractivity (Wildman–Crippen MR) is 91.9 cm³/mol. The molecule has 0 spiro atoms. The average molecular weight is 302 g/mol. The second-order valence-electron chi connectivity index (χ2n) is 6.54. The Morgan fingerprint density at radius 3 is 2.59 bits per heavy atom. The summed E-state index contributed by atoms with van der Waals surface area (Å²) in [4.78, 5) is 14.9. The summed E-state index contributed by atoms with van der Waals surface area (Å²) in [6, 6.07) is 10.1. The molecule has 1 aliphatic rings. The molecular weight excluding hydrogens is 272 g/mol. The van der Waals surface area contributed by atoms with Crippen LogP contribution in [0.1, 0.15) is 51.0 Å². The van der Waals surface area contributed by atoms with Crippen LogP contribution in [0.4, 0.5) is 0 Å². The second kappa shape index (κ2) is 8.94. The minimum atomic E-state index is -0.0166. The Morgan fingerprint density at radius 1 is 1.27 bits per heavy atom. The minimum absolute atomic E-state index is 0.0166. The number of likely N-dealkylation sites (tertiary alicyclic amines) is 1. The van der Waals surface area contributed by atoms with E-state index in [9.17, 15) is 4.79 Å². The van der Waals surface area contributed by atoms with E-state index in [0.717, 1.165) is 37.4 Å². The average Bonchev–Trinajstić information content (AvgIpc) is 2.55. The molecule has 3 heteroatoms. The summed E-state index contributed by atoms with van der Waals surface area (Å²) in [7, 11) is 0. The number of piperidine rings is 1. The van der Waals surface area contributed by atoms with E-state index in [-0.39, 0.29) is 11.8 Å². The number of rotatable bonds is 7. The van der Waals surface area contributed by atoms with Crippen LogP contribution >= 0.6 is 0 Å². The summed E-state index contributed by atoms with van der Waals surface area (Å²) in [6.45, 7) is 8.74. The Morgan fingerprint density at radius 2 is 1.95 bits per heavy atom. The van der Waals surface area contributed by atoms with Crippen LogP contribution in [0.15, 0.2) is 30.3 Å². The summed E-state index contributed by atoms with van der Waals surface area (Å²) in [5.74, 6) is 1.03. The van der Waals surface area contributed by atoms with Crippen molar-refractivity contribution in [1.82, 2.24) is 10.2 Å². The Labute approximate surface area is 135 Å². The molecule has 1 aromatic carbocycles. The highest BCUT2D eigenvalue weighted by molar-refractivity contribution is 5.83. The number of nitrogens with zero attached hydrogens (tertiary/aromatic N) is 1. The molecular formula is C19H30N2O. The molecule has 122 valence electrons. The summed E-state index contributed by atoms with van der Waals surface area (Å²) in [5, 5.41) is 3.11. The molecule has 2 rings (SSSR count). The summed E-state index contributed by atoms with van der Waals surface area (Å²) < 4.78 is 0. The van der Waals surface area contributed by atoms with Crippen LogP contribution in [-0.4, -0.2) is 37.0 Å². The van der Waals surface area contributed by atoms with E-state index < -0.39 is 0 Å². The molecule has 1 aromatic rings. The summed E-state index contributed by atoms with van der Waals surface area (Å²) in [6.07, 6.45) is 4.53. The third-order valence-corrected chi connectivity index (χ3v) is 4.75. The lowest BCUT2D eigenvalue weighted by molar-refractivity contribution is -0.122. The van der Waals surface area contributed by atoms with Gasteiger partial charge in [0.1, 0.15) is 0 Å². The Bertz CT molecular complexity index is 438. The lowest BCUT2D eigenvalue weighted by Crippen LogP contribution is -2.36. The van der Waals surface area contributed by atoms with Gasteiger partial charge in [-0.05, 0) is 56.8 Å². The first-order valence-corrected chi connectivity index (χ1v) is 8.75. The molecule has 0 saturated carbocycles. The van der Waals surface area contributed by atoms with Gasteiger partial charge in [0.05, 0.1) is 5.92 Å². The molecule has 1 heterocycles. The number of benzene rings is 1. The third-order valence-electron chi connectivity index (χ3n) is 4.75. The van der Waals surface area contributed by atoms with Gasteiger partial charge in [0.25, 0.3) is 0 Å². The molecule has 1 N–H and O–H groups in total. The van der Waals surface area contributed by atoms with Crippen molar-refractivity contribution in [3.8, 4) is 0 Å². The zero-order chi connectivity index (χ0) is 15.8. The highest BCUT2D eigenvalue weighted by atomic mass is 16.1. The fourth-order valence-electron chi connectivity index (χ4n) is 3.18. The van der Waals surface area contributed by atoms with Gasteiger partial charge in [0.2, 0.25) is 5.91 Å². The molecule has 1 saturated heterocycles. The van der Waals surface area contributed by atoms with Crippen molar-refractivity contribution in [2.24, 2.45) is 5.92 Å². The van der Waals surface area contributed by atoms with Crippen LogP contribution < -0.4 is 5.32 Å². The van der Waals surface area contributed by atoms with Gasteiger partial charge in [-0.15, -0.1) is 0 Å². The van der Waals surface area contributed by atoms with E-state index in [4.69, 9.17) is 0 Å². The first kappa shape index (κ1) is 17.0. The van der Waals surface area contributed by atoms with Crippen molar-refractivity contribution < 1.29 is 4.79 Å². The SMILES string of the molecule is CC[C@@H](C(=O)NCCCN1CCC(C)CC1)c1ccccc1. The smallest absolute Gasteiger partial charge is 0.227 e. The van der Waals surface area contributed by atoms with E-state index in [2.05, 4.69) is 24.1 Å². The third kappa shape index (κ3) is 5.13. The maximum absolute atomic E-state index is 12.3. The Kier molecular flexibility index (Phi) is 6.91. The minimum Gasteiger partial charge on any atom is -0.356 e. The monoisotopic (exact) mass is 302 g/mol. The van der Waals surface area contributed by atoms with Gasteiger partial charge in [-0.1, -0.05) is 44.2 Å². The molecule has 0 unspecified atom stereocenters. The van der Waals surface area contributed by atoms with Gasteiger partial charge in [-0.2, -0.15) is 0 Å². The van der Waals surface area contributed by atoms with Gasteiger partial charge in [-0.3, -0.25) is 4.79 Å². The number of hydrogen-bond donors (Lipinski definition) is 1. The maximum Gasteiger partial charge on any atom is 0.227 e. The summed E-state index contributed by atoms with van der Waals surface area (Å²) in [5.41, 5.74) is 1.12. The number of carbonyl (C=O) groups excluding carboxylic acids is 1. The van der Waals surface area contributed by atoms with Gasteiger partial charge < -0.3 is 10.2 Å². The molecule has 22 heavy (non-hydrogen) atoms. The lowest BCUT2D eigenvalue weighted by atomic mass is 9.95. The zero-order valence-corrected chi connectivity index (χ0v) is 14.1. The van der Waals surface area contributed by atoms with Gasteiger partial charge >= 0.3 is 0 Å². The van der Waals surface area contributed by atoms with Crippen LogP contribution in [0.3, 0.4) is 0 Å². The highest BCUT2D eigenvalue weighted by Crippen LogP contribution is 2.19. The molecule has 0 radical (unpaired) electrons. The normalized spacial score (nSPS) is 18.1. The van der Waals surface area contributed by atoms with Crippen molar-refractivity contribution in [2.75, 3.05) is 26.2 Å². The van der Waals surface area contributed by atoms with E-state index in [1.165, 1.54) is 25.9 Å². The predicted octanol–water partition coefficient (Wildman–Crippen LogP) is 3.42. The lowest BCUT2D eigenvalue weighted by Gasteiger charge is -2.30. The Balaban J connectivity index is 1.68. The quantitative estimate of drug-likeness (QED) is 0.783. The van der Waals surface area contributed by atoms with Crippen molar-refractivity contribution in [2.45, 2.75) is 45.4 Å². The van der Waals surface area contributed by atoms with E-state index in [0.29, 0.717) is 0 Å². The van der Waals surface area contributed by atoms with Crippen molar-refractivity contribution in [3.63, 3.8) is 0 Å². The number of carbonyl (C=O) groups is 1. The van der Waals surface area contributed by atoms with Gasteiger partial charge in [-0.25, -0.2) is 0 Å². The van der Waals surface area contributed by atoms with E-state index in [1.807, 2.05) is 30.3 Å². The van der Waals surface area contributed by atoms with Gasteiger partial charge in [0.15, 0.2) is 0 Å². The van der Waals surface area contributed by atoms with E-state index >= 15 is 0 Å². The molecule has 0 bridgehead atoms. The van der Waals surface area contributed by atoms with Crippen LogP contribution in [0.25, 0.3) is 0 Å². The fraction of sp³-hybridized carbons (Fsp3) is 0.632. The maximum atomic E-state index is 12.3. The van der Waals surface area contributed by atoms with Crippen LogP contribution in [0.2, 0.25) is 0 Å². The molecule has 0 aliphatic carbocycles. The van der Waals surface area contributed by atoms with Crippen molar-refractivity contribution >= 4 is 5.91 Å². The van der Waals surface area contributed by atoms with Crippen LogP contribution in [0.5, 0.6) is 0 Å². The zero-order valence-electron chi connectivity index (χ0n) is 14.1. The standard InChI is InChI=1S/C19H30N2O/c1-3-18(17-8-5-4-6-9-17)19(22)20-12-7-13-21-14-10-16(2)11-15-21/h4-6,8-9,16,18H,3,7,10-15H2,1-2H3,(H,20,22)/t18-/m1/s1. The largest absolute Gasteiger partial charge is 0.356 e. The number of nitrogens with one attached hydrogen (secondary N) is 1. The second-order valence-corrected chi connectivity index (χ2v) is 6.54.